The quantitative estimate of drug-likeness (QED) is 0.674. The molecule has 0 radical (unpaired) electrons. The van der Waals surface area contributed by atoms with Crippen LogP contribution in [0.3, 0.4) is 0 Å². The molecule has 1 amide bonds. The number of benzene rings is 2. The van der Waals surface area contributed by atoms with Gasteiger partial charge in [-0.3, -0.25) is 14.8 Å². The molecule has 0 unspecified atom stereocenters. The summed E-state index contributed by atoms with van der Waals surface area (Å²) in [5, 5.41) is 7.34. The van der Waals surface area contributed by atoms with E-state index in [1.807, 2.05) is 71.8 Å². The largest absolute Gasteiger partial charge is 0.379 e. The molecule has 1 N–H and O–H groups in total. The minimum absolute atomic E-state index is 0.0408. The first-order valence-electron chi connectivity index (χ1n) is 10.0. The maximum absolute atomic E-state index is 13.2. The number of nitrogens with one attached hydrogen (secondary N) is 1. The second-order valence-electron chi connectivity index (χ2n) is 7.18. The van der Waals surface area contributed by atoms with Gasteiger partial charge in [0.1, 0.15) is 0 Å². The van der Waals surface area contributed by atoms with E-state index in [1.165, 1.54) is 0 Å². The lowest BCUT2D eigenvalue weighted by Gasteiger charge is -2.30. The van der Waals surface area contributed by atoms with E-state index in [1.54, 1.807) is 0 Å². The number of hydrogen-bond donors (Lipinski definition) is 1. The van der Waals surface area contributed by atoms with Crippen LogP contribution in [0.25, 0.3) is 11.3 Å². The van der Waals surface area contributed by atoms with Crippen LogP contribution in [0.4, 0.5) is 0 Å². The Morgan fingerprint density at radius 2 is 1.72 bits per heavy atom. The van der Waals surface area contributed by atoms with Gasteiger partial charge in [-0.05, 0) is 17.7 Å². The van der Waals surface area contributed by atoms with Crippen molar-refractivity contribution in [2.75, 3.05) is 39.4 Å². The summed E-state index contributed by atoms with van der Waals surface area (Å²) in [5.74, 6) is 0.0408. The van der Waals surface area contributed by atoms with E-state index in [4.69, 9.17) is 4.74 Å². The predicted octanol–water partition coefficient (Wildman–Crippen LogP) is 3.05. The first-order valence-corrected chi connectivity index (χ1v) is 10.0. The minimum Gasteiger partial charge on any atom is -0.379 e. The van der Waals surface area contributed by atoms with Gasteiger partial charge in [0.2, 0.25) is 0 Å². The number of carbonyl (C=O) groups is 1. The zero-order chi connectivity index (χ0) is 19.9. The Labute approximate surface area is 171 Å². The Morgan fingerprint density at radius 3 is 2.45 bits per heavy atom. The number of hydrogen-bond acceptors (Lipinski definition) is 4. The lowest BCUT2D eigenvalue weighted by molar-refractivity contribution is 0.0320. The fourth-order valence-electron chi connectivity index (χ4n) is 3.59. The van der Waals surface area contributed by atoms with Crippen molar-refractivity contribution in [3.8, 4) is 11.3 Å². The summed E-state index contributed by atoms with van der Waals surface area (Å²) in [6.45, 7) is 5.34. The van der Waals surface area contributed by atoms with Gasteiger partial charge in [-0.25, -0.2) is 0 Å². The van der Waals surface area contributed by atoms with Gasteiger partial charge in [0.15, 0.2) is 0 Å². The van der Waals surface area contributed by atoms with Crippen LogP contribution in [-0.2, 0) is 11.3 Å². The summed E-state index contributed by atoms with van der Waals surface area (Å²) >= 11 is 0. The molecular weight excluding hydrogens is 364 g/mol. The van der Waals surface area contributed by atoms with Gasteiger partial charge >= 0.3 is 0 Å². The van der Waals surface area contributed by atoms with Crippen molar-refractivity contribution >= 4 is 5.91 Å². The molecule has 1 saturated heterocycles. The molecule has 4 rings (SSSR count). The average molecular weight is 390 g/mol. The Hall–Kier alpha value is -2.96. The molecule has 0 atom stereocenters. The van der Waals surface area contributed by atoms with Crippen LogP contribution < -0.4 is 0 Å². The maximum Gasteiger partial charge on any atom is 0.254 e. The highest BCUT2D eigenvalue weighted by Crippen LogP contribution is 2.22. The number of rotatable bonds is 7. The monoisotopic (exact) mass is 390 g/mol. The van der Waals surface area contributed by atoms with E-state index in [0.29, 0.717) is 18.7 Å². The minimum atomic E-state index is 0.0408. The number of carbonyl (C=O) groups excluding carboxylic acids is 1. The first kappa shape index (κ1) is 19.4. The van der Waals surface area contributed by atoms with E-state index in [-0.39, 0.29) is 5.91 Å². The van der Waals surface area contributed by atoms with Gasteiger partial charge in [-0.1, -0.05) is 48.5 Å². The van der Waals surface area contributed by atoms with Gasteiger partial charge in [0.25, 0.3) is 5.91 Å². The van der Waals surface area contributed by atoms with Crippen molar-refractivity contribution in [3.63, 3.8) is 0 Å². The third-order valence-electron chi connectivity index (χ3n) is 5.24. The molecule has 0 saturated carbocycles. The lowest BCUT2D eigenvalue weighted by atomic mass is 10.1. The van der Waals surface area contributed by atoms with E-state index in [2.05, 4.69) is 15.1 Å². The third kappa shape index (κ3) is 4.91. The summed E-state index contributed by atoms with van der Waals surface area (Å²) < 4.78 is 5.44. The normalized spacial score (nSPS) is 14.6. The SMILES string of the molecule is O=C(c1ccccc1)N(CCN1CCOCC1)Cc1cn[nH]c1-c1ccccc1. The lowest BCUT2D eigenvalue weighted by Crippen LogP contribution is -2.42. The van der Waals surface area contributed by atoms with Crippen LogP contribution in [0.1, 0.15) is 15.9 Å². The molecule has 1 aromatic heterocycles. The Morgan fingerprint density at radius 1 is 1.03 bits per heavy atom. The van der Waals surface area contributed by atoms with Crippen molar-refractivity contribution in [2.24, 2.45) is 0 Å². The van der Waals surface area contributed by atoms with Crippen LogP contribution in [0, 0.1) is 0 Å². The number of aromatic nitrogens is 2. The van der Waals surface area contributed by atoms with Crippen LogP contribution >= 0.6 is 0 Å². The second-order valence-corrected chi connectivity index (χ2v) is 7.18. The summed E-state index contributed by atoms with van der Waals surface area (Å²) in [7, 11) is 0. The van der Waals surface area contributed by atoms with Crippen LogP contribution in [0.5, 0.6) is 0 Å². The first-order chi connectivity index (χ1) is 14.3. The Kier molecular flexibility index (Phi) is 6.34. The molecule has 1 aliphatic rings. The molecule has 0 aliphatic carbocycles. The van der Waals surface area contributed by atoms with Gasteiger partial charge in [0, 0.05) is 43.9 Å². The van der Waals surface area contributed by atoms with Crippen molar-refractivity contribution in [2.45, 2.75) is 6.54 Å². The molecule has 2 aromatic carbocycles. The smallest absolute Gasteiger partial charge is 0.254 e. The van der Waals surface area contributed by atoms with Gasteiger partial charge in [-0.15, -0.1) is 0 Å². The number of aromatic amines is 1. The summed E-state index contributed by atoms with van der Waals surface area (Å²) in [5.41, 5.74) is 3.75. The molecule has 29 heavy (non-hydrogen) atoms. The van der Waals surface area contributed by atoms with Gasteiger partial charge < -0.3 is 9.64 Å². The van der Waals surface area contributed by atoms with Crippen molar-refractivity contribution < 1.29 is 9.53 Å². The van der Waals surface area contributed by atoms with E-state index in [0.717, 1.165) is 49.7 Å². The third-order valence-corrected chi connectivity index (χ3v) is 5.24. The van der Waals surface area contributed by atoms with Crippen LogP contribution in [0.2, 0.25) is 0 Å². The molecule has 1 aliphatic heterocycles. The number of H-pyrrole nitrogens is 1. The zero-order valence-electron chi connectivity index (χ0n) is 16.5. The van der Waals surface area contributed by atoms with Crippen molar-refractivity contribution in [1.82, 2.24) is 20.0 Å². The highest BCUT2D eigenvalue weighted by atomic mass is 16.5. The molecule has 1 fully saturated rings. The highest BCUT2D eigenvalue weighted by molar-refractivity contribution is 5.94. The highest BCUT2D eigenvalue weighted by Gasteiger charge is 2.20. The standard InChI is InChI=1S/C23H26N4O2/c28-23(20-9-5-2-6-10-20)27(12-11-26-13-15-29-16-14-26)18-21-17-24-25-22(21)19-7-3-1-4-8-19/h1-10,17H,11-16,18H2,(H,24,25). The fourth-order valence-corrected chi connectivity index (χ4v) is 3.59. The van der Waals surface area contributed by atoms with E-state index in [9.17, 15) is 4.79 Å². The number of nitrogens with zero attached hydrogens (tertiary/aromatic N) is 3. The molecule has 2 heterocycles. The predicted molar refractivity (Wildman–Crippen MR) is 112 cm³/mol. The number of amides is 1. The fraction of sp³-hybridized carbons (Fsp3) is 0.304. The zero-order valence-corrected chi connectivity index (χ0v) is 16.5. The maximum atomic E-state index is 13.2. The average Bonchev–Trinajstić information content (AvgIpc) is 3.26. The molecular formula is C23H26N4O2. The number of ether oxygens (including phenoxy) is 1. The molecule has 3 aromatic rings. The van der Waals surface area contributed by atoms with E-state index < -0.39 is 0 Å². The van der Waals surface area contributed by atoms with Crippen molar-refractivity contribution in [3.05, 3.63) is 78.0 Å². The van der Waals surface area contributed by atoms with Crippen LogP contribution in [0.15, 0.2) is 66.9 Å². The molecule has 0 spiro atoms. The topological polar surface area (TPSA) is 61.5 Å². The van der Waals surface area contributed by atoms with Gasteiger partial charge in [-0.2, -0.15) is 5.10 Å². The summed E-state index contributed by atoms with van der Waals surface area (Å²) in [4.78, 5) is 17.5. The number of morpholine rings is 1. The molecule has 150 valence electrons. The van der Waals surface area contributed by atoms with Crippen molar-refractivity contribution in [1.29, 1.82) is 0 Å². The summed E-state index contributed by atoms with van der Waals surface area (Å²) in [6, 6.07) is 19.6. The molecule has 6 nitrogen and oxygen atoms in total. The van der Waals surface area contributed by atoms with E-state index >= 15 is 0 Å². The molecule has 0 bridgehead atoms. The Bertz CT molecular complexity index is 905. The Balaban J connectivity index is 1.54. The second kappa shape index (κ2) is 9.49. The van der Waals surface area contributed by atoms with Gasteiger partial charge in [0.05, 0.1) is 25.1 Å². The van der Waals surface area contributed by atoms with Crippen LogP contribution in [-0.4, -0.2) is 65.3 Å². The summed E-state index contributed by atoms with van der Waals surface area (Å²) in [6.07, 6.45) is 1.82. The molecule has 6 heteroatoms.